The lowest BCUT2D eigenvalue weighted by Gasteiger charge is -2.13. The fourth-order valence-corrected chi connectivity index (χ4v) is 2.74. The van der Waals surface area contributed by atoms with E-state index in [0.717, 1.165) is 0 Å². The molecule has 21 heavy (non-hydrogen) atoms. The molecule has 1 heterocycles. The van der Waals surface area contributed by atoms with Crippen molar-refractivity contribution in [2.24, 2.45) is 11.8 Å². The summed E-state index contributed by atoms with van der Waals surface area (Å²) in [6.45, 7) is 2.52. The second-order valence-corrected chi connectivity index (χ2v) is 6.01. The Morgan fingerprint density at radius 2 is 2.05 bits per heavy atom. The molecule has 6 heteroatoms. The van der Waals surface area contributed by atoms with Gasteiger partial charge in [0, 0.05) is 29.2 Å². The van der Waals surface area contributed by atoms with Crippen molar-refractivity contribution in [3.63, 3.8) is 0 Å². The van der Waals surface area contributed by atoms with Gasteiger partial charge in [0.05, 0.1) is 5.92 Å². The van der Waals surface area contributed by atoms with E-state index >= 15 is 0 Å². The average Bonchev–Trinajstić information content (AvgIpc) is 2.82. The molecule has 0 saturated carbocycles. The van der Waals surface area contributed by atoms with E-state index in [9.17, 15) is 9.59 Å². The highest BCUT2D eigenvalue weighted by molar-refractivity contribution is 6.34. The van der Waals surface area contributed by atoms with Gasteiger partial charge in [-0.25, -0.2) is 0 Å². The molecular weight excluding hydrogens is 313 g/mol. The molecule has 1 fully saturated rings. The Morgan fingerprint density at radius 3 is 2.67 bits per heavy atom. The second kappa shape index (κ2) is 6.50. The maximum absolute atomic E-state index is 12.1. The van der Waals surface area contributed by atoms with Crippen LogP contribution in [-0.4, -0.2) is 35.0 Å². The zero-order valence-electron chi connectivity index (χ0n) is 11.4. The van der Waals surface area contributed by atoms with Crippen LogP contribution in [0.3, 0.4) is 0 Å². The minimum absolute atomic E-state index is 0.0467. The van der Waals surface area contributed by atoms with Gasteiger partial charge in [0.1, 0.15) is 0 Å². The SMILES string of the molecule is CC1CN(C(=O)C=Cc2cc(Cl)ccc2Cl)CC1C(=O)O. The van der Waals surface area contributed by atoms with Gasteiger partial charge in [-0.05, 0) is 35.8 Å². The van der Waals surface area contributed by atoms with Gasteiger partial charge in [0.25, 0.3) is 0 Å². The third-order valence-electron chi connectivity index (χ3n) is 3.60. The van der Waals surface area contributed by atoms with Crippen molar-refractivity contribution in [3.05, 3.63) is 39.9 Å². The molecular formula is C15H15Cl2NO3. The number of hydrogen-bond acceptors (Lipinski definition) is 2. The molecule has 2 rings (SSSR count). The number of benzene rings is 1. The van der Waals surface area contributed by atoms with Gasteiger partial charge >= 0.3 is 5.97 Å². The lowest BCUT2D eigenvalue weighted by atomic mass is 9.99. The van der Waals surface area contributed by atoms with Crippen LogP contribution >= 0.6 is 23.2 Å². The van der Waals surface area contributed by atoms with Crippen molar-refractivity contribution in [2.45, 2.75) is 6.92 Å². The van der Waals surface area contributed by atoms with E-state index in [2.05, 4.69) is 0 Å². The van der Waals surface area contributed by atoms with Crippen LogP contribution in [0.2, 0.25) is 10.0 Å². The fourth-order valence-electron chi connectivity index (χ4n) is 2.38. The fraction of sp³-hybridized carbons (Fsp3) is 0.333. The normalized spacial score (nSPS) is 22.0. The summed E-state index contributed by atoms with van der Waals surface area (Å²) in [7, 11) is 0. The Balaban J connectivity index is 2.07. The molecule has 1 aromatic carbocycles. The predicted molar refractivity (Wildman–Crippen MR) is 82.4 cm³/mol. The lowest BCUT2D eigenvalue weighted by Crippen LogP contribution is -2.28. The number of hydrogen-bond donors (Lipinski definition) is 1. The van der Waals surface area contributed by atoms with E-state index in [-0.39, 0.29) is 18.4 Å². The van der Waals surface area contributed by atoms with Gasteiger partial charge in [-0.1, -0.05) is 30.1 Å². The number of amides is 1. The van der Waals surface area contributed by atoms with Gasteiger partial charge in [-0.15, -0.1) is 0 Å². The largest absolute Gasteiger partial charge is 0.481 e. The highest BCUT2D eigenvalue weighted by Gasteiger charge is 2.36. The van der Waals surface area contributed by atoms with Crippen molar-refractivity contribution in [2.75, 3.05) is 13.1 Å². The Morgan fingerprint density at radius 1 is 1.33 bits per heavy atom. The van der Waals surface area contributed by atoms with E-state index in [4.69, 9.17) is 28.3 Å². The van der Waals surface area contributed by atoms with Gasteiger partial charge in [0.2, 0.25) is 5.91 Å². The summed E-state index contributed by atoms with van der Waals surface area (Å²) >= 11 is 11.9. The maximum atomic E-state index is 12.1. The summed E-state index contributed by atoms with van der Waals surface area (Å²) in [4.78, 5) is 24.7. The summed E-state index contributed by atoms with van der Waals surface area (Å²) in [5.74, 6) is -1.63. The average molecular weight is 328 g/mol. The van der Waals surface area contributed by atoms with E-state index < -0.39 is 11.9 Å². The summed E-state index contributed by atoms with van der Waals surface area (Å²) in [6, 6.07) is 5.00. The number of carboxylic acids is 1. The number of likely N-dealkylation sites (tertiary alicyclic amines) is 1. The number of carbonyl (C=O) groups excluding carboxylic acids is 1. The predicted octanol–water partition coefficient (Wildman–Crippen LogP) is 3.19. The van der Waals surface area contributed by atoms with Crippen molar-refractivity contribution in [1.29, 1.82) is 0 Å². The number of carbonyl (C=O) groups is 2. The third kappa shape index (κ3) is 3.77. The molecule has 2 atom stereocenters. The smallest absolute Gasteiger partial charge is 0.308 e. The van der Waals surface area contributed by atoms with Crippen LogP contribution in [0, 0.1) is 11.8 Å². The molecule has 1 N–H and O–H groups in total. The lowest BCUT2D eigenvalue weighted by molar-refractivity contribution is -0.142. The van der Waals surface area contributed by atoms with Crippen LogP contribution in [0.15, 0.2) is 24.3 Å². The van der Waals surface area contributed by atoms with Gasteiger partial charge < -0.3 is 10.0 Å². The van der Waals surface area contributed by atoms with E-state index in [0.29, 0.717) is 22.2 Å². The van der Waals surface area contributed by atoms with Crippen LogP contribution in [0.4, 0.5) is 0 Å². The van der Waals surface area contributed by atoms with Crippen LogP contribution in [-0.2, 0) is 9.59 Å². The molecule has 4 nitrogen and oxygen atoms in total. The number of carboxylic acid groups (broad SMARTS) is 1. The molecule has 2 unspecified atom stereocenters. The maximum Gasteiger partial charge on any atom is 0.308 e. The van der Waals surface area contributed by atoms with E-state index in [1.165, 1.54) is 6.08 Å². The molecule has 1 aliphatic heterocycles. The molecule has 0 aliphatic carbocycles. The standard InChI is InChI=1S/C15H15Cl2NO3/c1-9-7-18(8-12(9)15(20)21)14(19)5-2-10-6-11(16)3-4-13(10)17/h2-6,9,12H,7-8H2,1H3,(H,20,21). The molecule has 1 amide bonds. The molecule has 0 spiro atoms. The van der Waals surface area contributed by atoms with Gasteiger partial charge in [-0.2, -0.15) is 0 Å². The first-order valence-electron chi connectivity index (χ1n) is 6.53. The number of nitrogens with zero attached hydrogens (tertiary/aromatic N) is 1. The number of rotatable bonds is 3. The van der Waals surface area contributed by atoms with E-state index in [1.807, 2.05) is 6.92 Å². The first-order valence-corrected chi connectivity index (χ1v) is 7.29. The highest BCUT2D eigenvalue weighted by atomic mass is 35.5. The number of halogens is 2. The van der Waals surface area contributed by atoms with E-state index in [1.54, 1.807) is 29.2 Å². The van der Waals surface area contributed by atoms with Gasteiger partial charge in [0.15, 0.2) is 0 Å². The minimum Gasteiger partial charge on any atom is -0.481 e. The molecule has 1 aliphatic rings. The molecule has 1 saturated heterocycles. The molecule has 0 radical (unpaired) electrons. The Hall–Kier alpha value is -1.52. The Labute approximate surface area is 133 Å². The Kier molecular flexibility index (Phi) is 4.91. The van der Waals surface area contributed by atoms with Crippen LogP contribution in [0.1, 0.15) is 12.5 Å². The zero-order valence-corrected chi connectivity index (χ0v) is 12.9. The van der Waals surface area contributed by atoms with Crippen molar-refractivity contribution >= 4 is 41.2 Å². The van der Waals surface area contributed by atoms with Gasteiger partial charge in [-0.3, -0.25) is 9.59 Å². The number of aliphatic carboxylic acids is 1. The first-order chi connectivity index (χ1) is 9.88. The van der Waals surface area contributed by atoms with Crippen molar-refractivity contribution in [3.8, 4) is 0 Å². The third-order valence-corrected chi connectivity index (χ3v) is 4.18. The Bertz CT molecular complexity index is 601. The monoisotopic (exact) mass is 327 g/mol. The quantitative estimate of drug-likeness (QED) is 0.867. The second-order valence-electron chi connectivity index (χ2n) is 5.16. The van der Waals surface area contributed by atoms with Crippen LogP contribution in [0.5, 0.6) is 0 Å². The topological polar surface area (TPSA) is 57.6 Å². The molecule has 0 bridgehead atoms. The molecule has 112 valence electrons. The minimum atomic E-state index is -0.861. The van der Waals surface area contributed by atoms with Crippen molar-refractivity contribution < 1.29 is 14.7 Å². The molecule has 0 aromatic heterocycles. The summed E-state index contributed by atoms with van der Waals surface area (Å²) in [6.07, 6.45) is 2.99. The first kappa shape index (κ1) is 15.9. The highest BCUT2D eigenvalue weighted by Crippen LogP contribution is 2.24. The van der Waals surface area contributed by atoms with Crippen molar-refractivity contribution in [1.82, 2.24) is 4.90 Å². The molecule has 1 aromatic rings. The summed E-state index contributed by atoms with van der Waals surface area (Å²) in [5.41, 5.74) is 0.652. The summed E-state index contributed by atoms with van der Waals surface area (Å²) in [5, 5.41) is 10.1. The zero-order chi connectivity index (χ0) is 15.6. The summed E-state index contributed by atoms with van der Waals surface area (Å²) < 4.78 is 0. The van der Waals surface area contributed by atoms with Crippen LogP contribution in [0.25, 0.3) is 6.08 Å². The van der Waals surface area contributed by atoms with Crippen LogP contribution < -0.4 is 0 Å².